The monoisotopic (exact) mass is 334 g/mol. The Morgan fingerprint density at radius 1 is 1.09 bits per heavy atom. The Labute approximate surface area is 141 Å². The van der Waals surface area contributed by atoms with Crippen molar-refractivity contribution in [2.24, 2.45) is 0 Å². The Hall–Kier alpha value is -1.78. The zero-order valence-electron chi connectivity index (χ0n) is 12.6. The lowest BCUT2D eigenvalue weighted by molar-refractivity contribution is 0.242. The second kappa shape index (κ2) is 8.01. The van der Waals surface area contributed by atoms with Crippen molar-refractivity contribution in [2.75, 3.05) is 5.32 Å². The first-order valence-corrected chi connectivity index (χ1v) is 7.87. The average molecular weight is 335 g/mol. The molecule has 2 aromatic carbocycles. The number of thiocarbonyl (C=S) groups is 1. The number of rotatable bonds is 5. The summed E-state index contributed by atoms with van der Waals surface area (Å²) in [7, 11) is 0. The van der Waals surface area contributed by atoms with Gasteiger partial charge in [0.15, 0.2) is 5.11 Å². The highest BCUT2D eigenvalue weighted by atomic mass is 35.5. The summed E-state index contributed by atoms with van der Waals surface area (Å²) in [6, 6.07) is 15.4. The van der Waals surface area contributed by atoms with Crippen LogP contribution in [0.3, 0.4) is 0 Å². The van der Waals surface area contributed by atoms with Crippen molar-refractivity contribution < 1.29 is 4.74 Å². The lowest BCUT2D eigenvalue weighted by atomic mass is 10.2. The van der Waals surface area contributed by atoms with Gasteiger partial charge in [-0.2, -0.15) is 0 Å². The van der Waals surface area contributed by atoms with Crippen LogP contribution in [0.25, 0.3) is 0 Å². The van der Waals surface area contributed by atoms with Crippen molar-refractivity contribution in [3.05, 3.63) is 59.1 Å². The highest BCUT2D eigenvalue weighted by Gasteiger charge is 2.01. The lowest BCUT2D eigenvalue weighted by Gasteiger charge is -2.12. The molecule has 2 aromatic rings. The van der Waals surface area contributed by atoms with Gasteiger partial charge in [-0.15, -0.1) is 0 Å². The first-order chi connectivity index (χ1) is 10.5. The Morgan fingerprint density at radius 2 is 1.73 bits per heavy atom. The molecule has 0 aliphatic heterocycles. The van der Waals surface area contributed by atoms with E-state index >= 15 is 0 Å². The van der Waals surface area contributed by atoms with Crippen molar-refractivity contribution >= 4 is 34.6 Å². The Bertz CT molecular complexity index is 612. The van der Waals surface area contributed by atoms with Crippen LogP contribution >= 0.6 is 23.8 Å². The third-order valence-electron chi connectivity index (χ3n) is 2.85. The van der Waals surface area contributed by atoms with Gasteiger partial charge in [0.2, 0.25) is 0 Å². The maximum atomic E-state index is 5.86. The third-order valence-corrected chi connectivity index (χ3v) is 3.35. The minimum Gasteiger partial charge on any atom is -0.491 e. The van der Waals surface area contributed by atoms with Crippen molar-refractivity contribution in [3.8, 4) is 5.75 Å². The molecule has 2 rings (SSSR count). The normalized spacial score (nSPS) is 10.4. The van der Waals surface area contributed by atoms with E-state index in [4.69, 9.17) is 28.6 Å². The fraction of sp³-hybridized carbons (Fsp3) is 0.235. The lowest BCUT2D eigenvalue weighted by Crippen LogP contribution is -2.27. The first kappa shape index (κ1) is 16.6. The number of anilines is 1. The summed E-state index contributed by atoms with van der Waals surface area (Å²) < 4.78 is 5.60. The quantitative estimate of drug-likeness (QED) is 0.782. The van der Waals surface area contributed by atoms with Crippen molar-refractivity contribution in [1.82, 2.24) is 5.32 Å². The second-order valence-electron chi connectivity index (χ2n) is 5.13. The summed E-state index contributed by atoms with van der Waals surface area (Å²) in [6.07, 6.45) is 0.168. The summed E-state index contributed by atoms with van der Waals surface area (Å²) in [5, 5.41) is 7.61. The van der Waals surface area contributed by atoms with E-state index in [9.17, 15) is 0 Å². The zero-order valence-corrected chi connectivity index (χ0v) is 14.2. The molecule has 3 nitrogen and oxygen atoms in total. The standard InChI is InChI=1S/C17H19ClN2OS/c1-12(2)21-16-9-7-15(8-10-16)20-17(22)19-11-13-3-5-14(18)6-4-13/h3-10,12H,11H2,1-2H3,(H2,19,20,22). The summed E-state index contributed by atoms with van der Waals surface area (Å²) in [4.78, 5) is 0. The third kappa shape index (κ3) is 5.54. The van der Waals surface area contributed by atoms with Crippen LogP contribution in [-0.2, 0) is 6.54 Å². The molecular formula is C17H19ClN2OS. The SMILES string of the molecule is CC(C)Oc1ccc(NC(=S)NCc2ccc(Cl)cc2)cc1. The van der Waals surface area contributed by atoms with Gasteiger partial charge in [0, 0.05) is 17.3 Å². The molecule has 0 aliphatic rings. The van der Waals surface area contributed by atoms with Gasteiger partial charge in [-0.05, 0) is 68.0 Å². The van der Waals surface area contributed by atoms with Gasteiger partial charge < -0.3 is 15.4 Å². The Kier molecular flexibility index (Phi) is 6.04. The fourth-order valence-electron chi connectivity index (χ4n) is 1.85. The molecule has 2 N–H and O–H groups in total. The summed E-state index contributed by atoms with van der Waals surface area (Å²) in [5.41, 5.74) is 2.04. The van der Waals surface area contributed by atoms with Gasteiger partial charge in [0.05, 0.1) is 6.10 Å². The van der Waals surface area contributed by atoms with E-state index in [1.807, 2.05) is 62.4 Å². The van der Waals surface area contributed by atoms with Crippen LogP contribution in [0.2, 0.25) is 5.02 Å². The van der Waals surface area contributed by atoms with E-state index in [-0.39, 0.29) is 6.10 Å². The van der Waals surface area contributed by atoms with E-state index < -0.39 is 0 Å². The number of ether oxygens (including phenoxy) is 1. The van der Waals surface area contributed by atoms with Crippen LogP contribution in [-0.4, -0.2) is 11.2 Å². The highest BCUT2D eigenvalue weighted by Crippen LogP contribution is 2.17. The van der Waals surface area contributed by atoms with Crippen LogP contribution in [0.1, 0.15) is 19.4 Å². The maximum absolute atomic E-state index is 5.86. The minimum atomic E-state index is 0.168. The smallest absolute Gasteiger partial charge is 0.171 e. The summed E-state index contributed by atoms with van der Waals surface area (Å²) >= 11 is 11.1. The first-order valence-electron chi connectivity index (χ1n) is 7.09. The largest absolute Gasteiger partial charge is 0.491 e. The van der Waals surface area contributed by atoms with Gasteiger partial charge in [0.1, 0.15) is 5.75 Å². The van der Waals surface area contributed by atoms with Crippen LogP contribution < -0.4 is 15.4 Å². The molecule has 0 amide bonds. The van der Waals surface area contributed by atoms with Crippen molar-refractivity contribution in [3.63, 3.8) is 0 Å². The molecule has 0 saturated heterocycles. The number of halogens is 1. The zero-order chi connectivity index (χ0) is 15.9. The number of benzene rings is 2. The van der Waals surface area contributed by atoms with Gasteiger partial charge in [-0.1, -0.05) is 23.7 Å². The molecular weight excluding hydrogens is 316 g/mol. The molecule has 0 atom stereocenters. The molecule has 0 radical (unpaired) electrons. The predicted molar refractivity (Wildman–Crippen MR) is 96.7 cm³/mol. The van der Waals surface area contributed by atoms with E-state index in [1.54, 1.807) is 0 Å². The van der Waals surface area contributed by atoms with Gasteiger partial charge >= 0.3 is 0 Å². The van der Waals surface area contributed by atoms with Gasteiger partial charge in [0.25, 0.3) is 0 Å². The highest BCUT2D eigenvalue weighted by molar-refractivity contribution is 7.80. The van der Waals surface area contributed by atoms with E-state index in [0.717, 1.165) is 22.0 Å². The van der Waals surface area contributed by atoms with Crippen LogP contribution in [0, 0.1) is 0 Å². The topological polar surface area (TPSA) is 33.3 Å². The molecule has 0 saturated carbocycles. The van der Waals surface area contributed by atoms with Crippen molar-refractivity contribution in [1.29, 1.82) is 0 Å². The van der Waals surface area contributed by atoms with E-state index in [0.29, 0.717) is 11.7 Å². The van der Waals surface area contributed by atoms with Gasteiger partial charge in [-0.3, -0.25) is 0 Å². The van der Waals surface area contributed by atoms with Crippen LogP contribution in [0.15, 0.2) is 48.5 Å². The van der Waals surface area contributed by atoms with E-state index in [2.05, 4.69) is 10.6 Å². The van der Waals surface area contributed by atoms with Gasteiger partial charge in [-0.25, -0.2) is 0 Å². The molecule has 22 heavy (non-hydrogen) atoms. The molecule has 0 unspecified atom stereocenters. The molecule has 0 bridgehead atoms. The second-order valence-corrected chi connectivity index (χ2v) is 5.97. The molecule has 116 valence electrons. The molecule has 0 aromatic heterocycles. The van der Waals surface area contributed by atoms with E-state index in [1.165, 1.54) is 0 Å². The average Bonchev–Trinajstić information content (AvgIpc) is 2.48. The predicted octanol–water partition coefficient (Wildman–Crippen LogP) is 4.61. The molecule has 0 aliphatic carbocycles. The minimum absolute atomic E-state index is 0.168. The number of nitrogens with one attached hydrogen (secondary N) is 2. The van der Waals surface area contributed by atoms with Crippen LogP contribution in [0.4, 0.5) is 5.69 Å². The fourth-order valence-corrected chi connectivity index (χ4v) is 2.16. The number of hydrogen-bond acceptors (Lipinski definition) is 2. The Morgan fingerprint density at radius 3 is 2.32 bits per heavy atom. The maximum Gasteiger partial charge on any atom is 0.171 e. The summed E-state index contributed by atoms with van der Waals surface area (Å²) in [5.74, 6) is 0.848. The molecule has 0 spiro atoms. The molecule has 0 heterocycles. The molecule has 0 fully saturated rings. The Balaban J connectivity index is 1.82. The van der Waals surface area contributed by atoms with Crippen LogP contribution in [0.5, 0.6) is 5.75 Å². The number of hydrogen-bond donors (Lipinski definition) is 2. The van der Waals surface area contributed by atoms with Crippen molar-refractivity contribution in [2.45, 2.75) is 26.5 Å². The molecule has 5 heteroatoms. The summed E-state index contributed by atoms with van der Waals surface area (Å²) in [6.45, 7) is 4.65.